The molecule has 5 heteroatoms. The summed E-state index contributed by atoms with van der Waals surface area (Å²) in [4.78, 5) is 24.2. The van der Waals surface area contributed by atoms with Crippen LogP contribution >= 0.6 is 11.6 Å². The molecule has 0 aromatic rings. The first-order valence-electron chi connectivity index (χ1n) is 11.7. The van der Waals surface area contributed by atoms with Crippen molar-refractivity contribution in [1.82, 2.24) is 0 Å². The van der Waals surface area contributed by atoms with Crippen LogP contribution in [0.4, 0.5) is 4.79 Å². The van der Waals surface area contributed by atoms with E-state index in [0.29, 0.717) is 23.0 Å². The topological polar surface area (TPSA) is 52.6 Å². The molecule has 2 unspecified atom stereocenters. The summed E-state index contributed by atoms with van der Waals surface area (Å²) >= 11 is 5.74. The lowest BCUT2D eigenvalue weighted by Gasteiger charge is -2.61. The lowest BCUT2D eigenvalue weighted by atomic mass is 9.44. The second-order valence-corrected chi connectivity index (χ2v) is 11.5. The van der Waals surface area contributed by atoms with E-state index in [0.717, 1.165) is 37.5 Å². The van der Waals surface area contributed by atoms with Crippen LogP contribution in [0.25, 0.3) is 0 Å². The van der Waals surface area contributed by atoms with Crippen LogP contribution in [0.3, 0.4) is 0 Å². The van der Waals surface area contributed by atoms with Crippen molar-refractivity contribution < 1.29 is 19.1 Å². The van der Waals surface area contributed by atoms with Crippen LogP contribution < -0.4 is 0 Å². The molecule has 4 fully saturated rings. The maximum atomic E-state index is 12.3. The Morgan fingerprint density at radius 1 is 0.966 bits per heavy atom. The monoisotopic (exact) mass is 424 g/mol. The Bertz CT molecular complexity index is 663. The van der Waals surface area contributed by atoms with Gasteiger partial charge in [0.2, 0.25) is 0 Å². The number of fused-ring (bicyclic) bond motifs is 5. The molecule has 0 amide bonds. The molecule has 4 nitrogen and oxygen atoms in total. The van der Waals surface area contributed by atoms with E-state index < -0.39 is 11.7 Å². The first kappa shape index (κ1) is 21.5. The molecule has 0 bridgehead atoms. The minimum absolute atomic E-state index is 0.0463. The molecule has 164 valence electrons. The second-order valence-electron chi connectivity index (χ2n) is 10.9. The largest absolute Gasteiger partial charge is 0.510 e. The summed E-state index contributed by atoms with van der Waals surface area (Å²) in [5.41, 5.74) is -0.103. The molecule has 4 aliphatic carbocycles. The quantitative estimate of drug-likeness (QED) is 0.391. The molecule has 0 radical (unpaired) electrons. The lowest BCUT2D eigenvalue weighted by molar-refractivity contribution is -0.140. The normalized spacial score (nSPS) is 47.3. The Labute approximate surface area is 180 Å². The Hall–Kier alpha value is -0.770. The molecule has 0 N–H and O–H groups in total. The van der Waals surface area contributed by atoms with Gasteiger partial charge in [0.1, 0.15) is 11.9 Å². The Balaban J connectivity index is 1.45. The third-order valence-corrected chi connectivity index (χ3v) is 9.72. The number of carbonyl (C=O) groups excluding carboxylic acids is 2. The van der Waals surface area contributed by atoms with Crippen LogP contribution in [-0.2, 0) is 14.3 Å². The zero-order valence-corrected chi connectivity index (χ0v) is 19.2. The maximum Gasteiger partial charge on any atom is 0.510 e. The van der Waals surface area contributed by atoms with Crippen LogP contribution in [0.5, 0.6) is 0 Å². The smallest absolute Gasteiger partial charge is 0.431 e. The van der Waals surface area contributed by atoms with Crippen LogP contribution in [0, 0.1) is 40.4 Å². The number of halogens is 1. The molecule has 0 heterocycles. The fraction of sp³-hybridized carbons (Fsp3) is 0.917. The summed E-state index contributed by atoms with van der Waals surface area (Å²) in [6, 6.07) is 0. The van der Waals surface area contributed by atoms with Crippen LogP contribution in [0.2, 0.25) is 0 Å². The van der Waals surface area contributed by atoms with Gasteiger partial charge < -0.3 is 9.47 Å². The van der Waals surface area contributed by atoms with E-state index >= 15 is 0 Å². The van der Waals surface area contributed by atoms with Gasteiger partial charge in [0, 0.05) is 5.92 Å². The van der Waals surface area contributed by atoms with Gasteiger partial charge >= 0.3 is 6.16 Å². The molecule has 0 aromatic heterocycles. The molecule has 4 saturated carbocycles. The molecule has 4 aliphatic rings. The highest BCUT2D eigenvalue weighted by atomic mass is 35.5. The van der Waals surface area contributed by atoms with Crippen molar-refractivity contribution in [2.24, 2.45) is 40.4 Å². The van der Waals surface area contributed by atoms with Gasteiger partial charge in [-0.05, 0) is 106 Å². The summed E-state index contributed by atoms with van der Waals surface area (Å²) in [6.45, 7) is 8.35. The van der Waals surface area contributed by atoms with Crippen LogP contribution in [0.1, 0.15) is 85.5 Å². The number of hydrogen-bond acceptors (Lipinski definition) is 4. The van der Waals surface area contributed by atoms with E-state index in [-0.39, 0.29) is 17.4 Å². The van der Waals surface area contributed by atoms with Crippen molar-refractivity contribution in [2.75, 3.05) is 0 Å². The van der Waals surface area contributed by atoms with Gasteiger partial charge in [-0.2, -0.15) is 0 Å². The van der Waals surface area contributed by atoms with Crippen molar-refractivity contribution in [3.63, 3.8) is 0 Å². The average Bonchev–Trinajstić information content (AvgIpc) is 2.98. The minimum atomic E-state index is -0.659. The van der Waals surface area contributed by atoms with E-state index in [1.165, 1.54) is 32.1 Å². The SMILES string of the molecule is CC(=O)C1CC[C@H]2[C@@H]3CC[C@H]4C[C@H](OC(=O)OC(C)Cl)CC[C@]4(C)[C@H]3CC[C@]12C. The first-order valence-corrected chi connectivity index (χ1v) is 12.1. The predicted molar refractivity (Wildman–Crippen MR) is 113 cm³/mol. The Morgan fingerprint density at radius 2 is 1.66 bits per heavy atom. The highest BCUT2D eigenvalue weighted by Gasteiger charge is 2.60. The van der Waals surface area contributed by atoms with Gasteiger partial charge in [-0.15, -0.1) is 0 Å². The van der Waals surface area contributed by atoms with Gasteiger partial charge in [-0.1, -0.05) is 25.4 Å². The Kier molecular flexibility index (Phi) is 5.72. The molecule has 29 heavy (non-hydrogen) atoms. The maximum absolute atomic E-state index is 12.3. The number of hydrogen-bond donors (Lipinski definition) is 0. The van der Waals surface area contributed by atoms with Crippen molar-refractivity contribution in [3.05, 3.63) is 0 Å². The number of ether oxygens (including phenoxy) is 2. The molecular formula is C24H37ClO4. The molecule has 0 saturated heterocycles. The van der Waals surface area contributed by atoms with Gasteiger partial charge in [0.15, 0.2) is 5.56 Å². The average molecular weight is 425 g/mol. The zero-order valence-electron chi connectivity index (χ0n) is 18.4. The third kappa shape index (κ3) is 3.62. The summed E-state index contributed by atoms with van der Waals surface area (Å²) in [7, 11) is 0. The number of rotatable bonds is 3. The van der Waals surface area contributed by atoms with Gasteiger partial charge in [-0.25, -0.2) is 4.79 Å². The lowest BCUT2D eigenvalue weighted by Crippen LogP contribution is -2.54. The highest BCUT2D eigenvalue weighted by molar-refractivity contribution is 6.19. The van der Waals surface area contributed by atoms with E-state index in [9.17, 15) is 9.59 Å². The number of Topliss-reactive ketones (excluding diaryl/α,β-unsaturated/α-hetero) is 1. The number of ketones is 1. The summed E-state index contributed by atoms with van der Waals surface area (Å²) in [6.07, 6.45) is 9.57. The molecule has 0 aromatic carbocycles. The minimum Gasteiger partial charge on any atom is -0.431 e. The molecule has 0 spiro atoms. The molecular weight excluding hydrogens is 388 g/mol. The number of carbonyl (C=O) groups is 2. The standard InChI is InChI=1S/C24H37ClO4/c1-14(26)19-7-8-20-18-6-5-16-13-17(29-22(27)28-15(2)25)9-11-23(16,3)21(18)10-12-24(19,20)4/h15-21H,5-13H2,1-4H3/t15?,16-,17+,18-,19?,20-,21-,23-,24+/m0/s1. The second kappa shape index (κ2) is 7.73. The van der Waals surface area contributed by atoms with Crippen molar-refractivity contribution in [2.45, 2.75) is 97.1 Å². The molecule has 9 atom stereocenters. The summed E-state index contributed by atoms with van der Waals surface area (Å²) in [5, 5.41) is 0. The zero-order chi connectivity index (χ0) is 21.0. The molecule has 0 aliphatic heterocycles. The third-order valence-electron chi connectivity index (χ3n) is 9.63. The highest BCUT2D eigenvalue weighted by Crippen LogP contribution is 2.67. The fourth-order valence-electron chi connectivity index (χ4n) is 8.29. The summed E-state index contributed by atoms with van der Waals surface area (Å²) in [5.74, 6) is 3.52. The van der Waals surface area contributed by atoms with Gasteiger partial charge in [0.25, 0.3) is 0 Å². The van der Waals surface area contributed by atoms with Crippen molar-refractivity contribution in [1.29, 1.82) is 0 Å². The van der Waals surface area contributed by atoms with Gasteiger partial charge in [-0.3, -0.25) is 4.79 Å². The summed E-state index contributed by atoms with van der Waals surface area (Å²) < 4.78 is 10.5. The van der Waals surface area contributed by atoms with E-state index in [4.69, 9.17) is 21.1 Å². The fourth-order valence-corrected chi connectivity index (χ4v) is 8.36. The molecule has 4 rings (SSSR count). The van der Waals surface area contributed by atoms with Crippen molar-refractivity contribution in [3.8, 4) is 0 Å². The van der Waals surface area contributed by atoms with Crippen LogP contribution in [0.15, 0.2) is 0 Å². The van der Waals surface area contributed by atoms with Crippen molar-refractivity contribution >= 4 is 23.5 Å². The first-order chi connectivity index (χ1) is 13.6. The van der Waals surface area contributed by atoms with Gasteiger partial charge in [0.05, 0.1) is 0 Å². The predicted octanol–water partition coefficient (Wildman–Crippen LogP) is 6.34. The van der Waals surface area contributed by atoms with Crippen LogP contribution in [-0.4, -0.2) is 23.6 Å². The Morgan fingerprint density at radius 3 is 2.34 bits per heavy atom. The number of alkyl halides is 1. The van der Waals surface area contributed by atoms with E-state index in [1.54, 1.807) is 13.8 Å². The van der Waals surface area contributed by atoms with E-state index in [1.807, 2.05) is 0 Å². The van der Waals surface area contributed by atoms with E-state index in [2.05, 4.69) is 13.8 Å².